The van der Waals surface area contributed by atoms with Crippen LogP contribution < -0.4 is 0 Å². The molecule has 118 valence electrons. The number of Topliss-reactive ketones (excluding diaryl/α,β-unsaturated/α-hetero) is 1. The van der Waals surface area contributed by atoms with Gasteiger partial charge in [-0.1, -0.05) is 19.9 Å². The highest BCUT2D eigenvalue weighted by atomic mass is 16.1. The highest BCUT2D eigenvalue weighted by Crippen LogP contribution is 2.17. The molecular formula is C17H24N4O. The first kappa shape index (κ1) is 15.2. The Morgan fingerprint density at radius 1 is 1.23 bits per heavy atom. The molecule has 5 heteroatoms. The molecule has 2 aromatic heterocycles. The van der Waals surface area contributed by atoms with Crippen LogP contribution in [0.1, 0.15) is 29.8 Å². The molecule has 1 fully saturated rings. The van der Waals surface area contributed by atoms with E-state index in [1.54, 1.807) is 6.20 Å². The lowest BCUT2D eigenvalue weighted by atomic mass is 10.0. The van der Waals surface area contributed by atoms with Crippen LogP contribution in [-0.4, -0.2) is 58.4 Å². The number of carbonyl (C=O) groups excluding carboxylic acids is 1. The number of pyridine rings is 1. The highest BCUT2D eigenvalue weighted by Gasteiger charge is 2.17. The van der Waals surface area contributed by atoms with E-state index in [-0.39, 0.29) is 11.7 Å². The maximum absolute atomic E-state index is 12.2. The maximum Gasteiger partial charge on any atom is 0.169 e. The number of hydrogen-bond acceptors (Lipinski definition) is 4. The summed E-state index contributed by atoms with van der Waals surface area (Å²) in [5.74, 6) is 0.153. The molecule has 0 aliphatic carbocycles. The van der Waals surface area contributed by atoms with Crippen LogP contribution in [0.25, 0.3) is 5.52 Å². The summed E-state index contributed by atoms with van der Waals surface area (Å²) in [6.07, 6.45) is 3.74. The lowest BCUT2D eigenvalue weighted by Crippen LogP contribution is -2.43. The zero-order valence-corrected chi connectivity index (χ0v) is 13.6. The molecule has 22 heavy (non-hydrogen) atoms. The van der Waals surface area contributed by atoms with Crippen LogP contribution >= 0.6 is 0 Å². The van der Waals surface area contributed by atoms with Crippen molar-refractivity contribution < 1.29 is 4.79 Å². The van der Waals surface area contributed by atoms with Gasteiger partial charge in [0.05, 0.1) is 17.3 Å². The SMILES string of the molecule is CC(C)C(=O)c1cnn2cc(CN3CCN(C)CC3)ccc12. The number of rotatable bonds is 4. The normalized spacial score (nSPS) is 17.5. The van der Waals surface area contributed by atoms with E-state index in [2.05, 4.69) is 28.0 Å². The van der Waals surface area contributed by atoms with Gasteiger partial charge in [0.25, 0.3) is 0 Å². The van der Waals surface area contributed by atoms with Crippen LogP contribution in [0, 0.1) is 5.92 Å². The molecule has 1 saturated heterocycles. The van der Waals surface area contributed by atoms with Gasteiger partial charge in [0, 0.05) is 44.8 Å². The number of ketones is 1. The molecule has 2 aromatic rings. The summed E-state index contributed by atoms with van der Waals surface area (Å²) in [4.78, 5) is 17.0. The van der Waals surface area contributed by atoms with Crippen molar-refractivity contribution in [3.63, 3.8) is 0 Å². The van der Waals surface area contributed by atoms with Gasteiger partial charge in [-0.3, -0.25) is 9.69 Å². The number of piperazine rings is 1. The Labute approximate surface area is 131 Å². The lowest BCUT2D eigenvalue weighted by Gasteiger charge is -2.32. The Morgan fingerprint density at radius 2 is 1.95 bits per heavy atom. The Morgan fingerprint density at radius 3 is 2.64 bits per heavy atom. The Hall–Kier alpha value is -1.72. The maximum atomic E-state index is 12.2. The van der Waals surface area contributed by atoms with Crippen molar-refractivity contribution in [2.45, 2.75) is 20.4 Å². The second-order valence-corrected chi connectivity index (χ2v) is 6.52. The number of carbonyl (C=O) groups is 1. The molecule has 3 heterocycles. The second kappa shape index (κ2) is 6.18. The third-order valence-corrected chi connectivity index (χ3v) is 4.37. The molecule has 0 bridgehead atoms. The lowest BCUT2D eigenvalue weighted by molar-refractivity contribution is 0.0941. The van der Waals surface area contributed by atoms with E-state index >= 15 is 0 Å². The van der Waals surface area contributed by atoms with Gasteiger partial charge >= 0.3 is 0 Å². The molecule has 3 rings (SSSR count). The van der Waals surface area contributed by atoms with Crippen molar-refractivity contribution in [3.8, 4) is 0 Å². The van der Waals surface area contributed by atoms with E-state index in [1.165, 1.54) is 5.56 Å². The monoisotopic (exact) mass is 300 g/mol. The van der Waals surface area contributed by atoms with Crippen LogP contribution in [0.15, 0.2) is 24.5 Å². The van der Waals surface area contributed by atoms with Crippen molar-refractivity contribution >= 4 is 11.3 Å². The molecular weight excluding hydrogens is 276 g/mol. The number of aromatic nitrogens is 2. The highest BCUT2D eigenvalue weighted by molar-refractivity contribution is 6.03. The van der Waals surface area contributed by atoms with Gasteiger partial charge in [-0.2, -0.15) is 5.10 Å². The van der Waals surface area contributed by atoms with Crippen LogP contribution in [0.3, 0.4) is 0 Å². The molecule has 0 amide bonds. The molecule has 0 spiro atoms. The quantitative estimate of drug-likeness (QED) is 0.809. The van der Waals surface area contributed by atoms with Gasteiger partial charge in [0.1, 0.15) is 0 Å². The van der Waals surface area contributed by atoms with Crippen molar-refractivity contribution in [2.75, 3.05) is 33.2 Å². The van der Waals surface area contributed by atoms with Crippen molar-refractivity contribution in [1.82, 2.24) is 19.4 Å². The smallest absolute Gasteiger partial charge is 0.169 e. The molecule has 0 atom stereocenters. The van der Waals surface area contributed by atoms with Crippen LogP contribution in [-0.2, 0) is 6.54 Å². The zero-order chi connectivity index (χ0) is 15.7. The molecule has 1 aliphatic rings. The second-order valence-electron chi connectivity index (χ2n) is 6.52. The topological polar surface area (TPSA) is 40.9 Å². The number of fused-ring (bicyclic) bond motifs is 1. The fourth-order valence-corrected chi connectivity index (χ4v) is 2.89. The zero-order valence-electron chi connectivity index (χ0n) is 13.6. The Kier molecular flexibility index (Phi) is 4.27. The summed E-state index contributed by atoms with van der Waals surface area (Å²) in [5, 5.41) is 4.36. The minimum atomic E-state index is -0.00184. The average molecular weight is 300 g/mol. The summed E-state index contributed by atoms with van der Waals surface area (Å²) in [7, 11) is 2.17. The molecule has 0 aromatic carbocycles. The van der Waals surface area contributed by atoms with Gasteiger partial charge in [-0.25, -0.2) is 4.52 Å². The van der Waals surface area contributed by atoms with E-state index in [4.69, 9.17) is 0 Å². The minimum Gasteiger partial charge on any atom is -0.304 e. The molecule has 0 radical (unpaired) electrons. The van der Waals surface area contributed by atoms with E-state index in [1.807, 2.05) is 30.6 Å². The predicted molar refractivity (Wildman–Crippen MR) is 87.1 cm³/mol. The number of likely N-dealkylation sites (N-methyl/N-ethyl adjacent to an activating group) is 1. The van der Waals surface area contributed by atoms with E-state index in [0.29, 0.717) is 0 Å². The van der Waals surface area contributed by atoms with Crippen molar-refractivity contribution in [1.29, 1.82) is 0 Å². The molecule has 5 nitrogen and oxygen atoms in total. The third kappa shape index (κ3) is 3.05. The summed E-state index contributed by atoms with van der Waals surface area (Å²) in [6, 6.07) is 4.14. The molecule has 0 saturated carbocycles. The average Bonchev–Trinajstić information content (AvgIpc) is 2.91. The van der Waals surface area contributed by atoms with Gasteiger partial charge in [-0.15, -0.1) is 0 Å². The first-order valence-corrected chi connectivity index (χ1v) is 7.96. The van der Waals surface area contributed by atoms with E-state index in [9.17, 15) is 4.79 Å². The molecule has 0 unspecified atom stereocenters. The fraction of sp³-hybridized carbons (Fsp3) is 0.529. The predicted octanol–water partition coefficient (Wildman–Crippen LogP) is 1.92. The first-order chi connectivity index (χ1) is 10.5. The van der Waals surface area contributed by atoms with Crippen LogP contribution in [0.5, 0.6) is 0 Å². The van der Waals surface area contributed by atoms with Gasteiger partial charge in [-0.05, 0) is 18.7 Å². The van der Waals surface area contributed by atoms with Gasteiger partial charge < -0.3 is 4.90 Å². The number of nitrogens with zero attached hydrogens (tertiary/aromatic N) is 4. The first-order valence-electron chi connectivity index (χ1n) is 7.96. The number of hydrogen-bond donors (Lipinski definition) is 0. The summed E-state index contributed by atoms with van der Waals surface area (Å²) < 4.78 is 1.83. The van der Waals surface area contributed by atoms with Crippen LogP contribution in [0.4, 0.5) is 0 Å². The van der Waals surface area contributed by atoms with Crippen LogP contribution in [0.2, 0.25) is 0 Å². The van der Waals surface area contributed by atoms with E-state index in [0.717, 1.165) is 43.8 Å². The van der Waals surface area contributed by atoms with Crippen molar-refractivity contribution in [2.24, 2.45) is 5.92 Å². The Balaban J connectivity index is 1.78. The summed E-state index contributed by atoms with van der Waals surface area (Å²) in [5.41, 5.74) is 2.87. The van der Waals surface area contributed by atoms with Crippen molar-refractivity contribution in [3.05, 3.63) is 35.7 Å². The van der Waals surface area contributed by atoms with E-state index < -0.39 is 0 Å². The largest absolute Gasteiger partial charge is 0.304 e. The van der Waals surface area contributed by atoms with Gasteiger partial charge in [0.2, 0.25) is 0 Å². The fourth-order valence-electron chi connectivity index (χ4n) is 2.89. The third-order valence-electron chi connectivity index (χ3n) is 4.37. The minimum absolute atomic E-state index is 0.00184. The summed E-state index contributed by atoms with van der Waals surface area (Å²) >= 11 is 0. The Bertz CT molecular complexity index is 668. The molecule has 0 N–H and O–H groups in total. The standard InChI is InChI=1S/C17H24N4O/c1-13(2)17(22)15-10-18-21-12-14(4-5-16(15)21)11-20-8-6-19(3)7-9-20/h4-5,10,12-13H,6-9,11H2,1-3H3. The van der Waals surface area contributed by atoms with Gasteiger partial charge in [0.15, 0.2) is 5.78 Å². The molecule has 1 aliphatic heterocycles. The summed E-state index contributed by atoms with van der Waals surface area (Å²) in [6.45, 7) is 9.24.